The molecule has 1 fully saturated rings. The minimum absolute atomic E-state index is 0.0989. The molecule has 1 amide bonds. The number of alkyl halides is 4. The van der Waals surface area contributed by atoms with Crippen LogP contribution in [0.15, 0.2) is 42.9 Å². The molecule has 2 unspecified atom stereocenters. The monoisotopic (exact) mass is 485 g/mol. The van der Waals surface area contributed by atoms with Crippen molar-refractivity contribution in [2.45, 2.75) is 44.5 Å². The standard InChI is InChI=1S/C23H20F6N4O/c1-12-9-23(28,29)6-4-15(12)19-20(32-21(34)13-10-31-33(11-13)22(26)27)16(5-7-30-19)17-8-14(24)2-3-18(17)25/h2-3,5,7-8,10-12,15,22H,4,6,9H2,1H3,(H,32,34)/i1D3. The Labute approximate surface area is 195 Å². The molecule has 0 bridgehead atoms. The number of anilines is 1. The van der Waals surface area contributed by atoms with E-state index < -0.39 is 61.5 Å². The van der Waals surface area contributed by atoms with Gasteiger partial charge in [0.15, 0.2) is 0 Å². The van der Waals surface area contributed by atoms with Gasteiger partial charge in [0.2, 0.25) is 5.92 Å². The topological polar surface area (TPSA) is 59.8 Å². The van der Waals surface area contributed by atoms with E-state index in [0.717, 1.165) is 30.6 Å². The fourth-order valence-electron chi connectivity index (χ4n) is 4.03. The molecule has 1 aliphatic rings. The van der Waals surface area contributed by atoms with Crippen LogP contribution in [0.4, 0.5) is 32.0 Å². The van der Waals surface area contributed by atoms with Crippen LogP contribution in [0.3, 0.4) is 0 Å². The third kappa shape index (κ3) is 4.78. The number of carbonyl (C=O) groups is 1. The van der Waals surface area contributed by atoms with E-state index in [-0.39, 0.29) is 39.2 Å². The zero-order chi connectivity index (χ0) is 27.1. The van der Waals surface area contributed by atoms with Gasteiger partial charge in [-0.1, -0.05) is 6.85 Å². The summed E-state index contributed by atoms with van der Waals surface area (Å²) in [5, 5.41) is 5.80. The third-order valence-corrected chi connectivity index (χ3v) is 5.68. The van der Waals surface area contributed by atoms with Gasteiger partial charge in [-0.25, -0.2) is 22.2 Å². The Bertz CT molecular complexity index is 1310. The first-order valence-corrected chi connectivity index (χ1v) is 10.2. The van der Waals surface area contributed by atoms with Crippen LogP contribution in [0, 0.1) is 17.6 Å². The molecular weight excluding hydrogens is 462 g/mol. The Kier molecular flexibility index (Phi) is 5.37. The van der Waals surface area contributed by atoms with Crippen LogP contribution in [0.2, 0.25) is 0 Å². The molecule has 5 nitrogen and oxygen atoms in total. The number of hydrogen-bond donors (Lipinski definition) is 1. The predicted octanol–water partition coefficient (Wildman–Crippen LogP) is 6.41. The molecule has 0 aliphatic heterocycles. The van der Waals surface area contributed by atoms with Crippen LogP contribution in [0.1, 0.15) is 58.7 Å². The Hall–Kier alpha value is -3.37. The van der Waals surface area contributed by atoms with Crippen LogP contribution in [-0.2, 0) is 0 Å². The lowest BCUT2D eigenvalue weighted by Gasteiger charge is -2.34. The number of halogens is 6. The van der Waals surface area contributed by atoms with Crippen molar-refractivity contribution in [3.8, 4) is 11.1 Å². The average molecular weight is 485 g/mol. The maximum Gasteiger partial charge on any atom is 0.333 e. The van der Waals surface area contributed by atoms with Gasteiger partial charge in [0.25, 0.3) is 5.91 Å². The van der Waals surface area contributed by atoms with E-state index in [1.54, 1.807) is 0 Å². The van der Waals surface area contributed by atoms with E-state index in [9.17, 15) is 31.1 Å². The molecule has 1 aromatic carbocycles. The molecule has 1 N–H and O–H groups in total. The van der Waals surface area contributed by atoms with Crippen LogP contribution >= 0.6 is 0 Å². The summed E-state index contributed by atoms with van der Waals surface area (Å²) in [5.41, 5.74) is -1.09. The summed E-state index contributed by atoms with van der Waals surface area (Å²) in [6.07, 6.45) is 0.840. The molecule has 2 aromatic heterocycles. The quantitative estimate of drug-likeness (QED) is 0.425. The zero-order valence-corrected chi connectivity index (χ0v) is 17.4. The molecule has 2 heterocycles. The van der Waals surface area contributed by atoms with Crippen molar-refractivity contribution in [2.24, 2.45) is 5.92 Å². The van der Waals surface area contributed by atoms with Crippen LogP contribution < -0.4 is 5.32 Å². The van der Waals surface area contributed by atoms with Crippen molar-refractivity contribution in [3.63, 3.8) is 0 Å². The van der Waals surface area contributed by atoms with Crippen molar-refractivity contribution >= 4 is 11.6 Å². The van der Waals surface area contributed by atoms with Crippen molar-refractivity contribution in [3.05, 3.63) is 65.7 Å². The smallest absolute Gasteiger partial charge is 0.320 e. The van der Waals surface area contributed by atoms with Gasteiger partial charge in [0.05, 0.1) is 23.1 Å². The molecule has 3 aromatic rings. The van der Waals surface area contributed by atoms with Gasteiger partial charge in [-0.05, 0) is 36.6 Å². The second kappa shape index (κ2) is 9.11. The van der Waals surface area contributed by atoms with Crippen LogP contribution in [-0.4, -0.2) is 26.6 Å². The van der Waals surface area contributed by atoms with Gasteiger partial charge < -0.3 is 5.32 Å². The highest BCUT2D eigenvalue weighted by molar-refractivity contribution is 6.06. The highest BCUT2D eigenvalue weighted by Gasteiger charge is 2.41. The SMILES string of the molecule is [2H]C([2H])([2H])C1CC(F)(F)CCC1c1nccc(-c2cc(F)ccc2F)c1NC(=O)c1cnn(C(F)F)c1. The van der Waals surface area contributed by atoms with E-state index in [0.29, 0.717) is 0 Å². The number of hydrogen-bond acceptors (Lipinski definition) is 3. The summed E-state index contributed by atoms with van der Waals surface area (Å²) < 4.78 is 107. The van der Waals surface area contributed by atoms with Crippen molar-refractivity contribution in [2.75, 3.05) is 5.32 Å². The number of nitrogens with zero attached hydrogens (tertiary/aromatic N) is 3. The van der Waals surface area contributed by atoms with Gasteiger partial charge in [0.1, 0.15) is 11.6 Å². The summed E-state index contributed by atoms with van der Waals surface area (Å²) in [6, 6.07) is 3.79. The fourth-order valence-corrected chi connectivity index (χ4v) is 4.03. The van der Waals surface area contributed by atoms with Crippen molar-refractivity contribution < 1.29 is 35.2 Å². The Morgan fingerprint density at radius 3 is 2.76 bits per heavy atom. The molecule has 4 rings (SSSR count). The van der Waals surface area contributed by atoms with E-state index in [1.165, 1.54) is 12.3 Å². The Morgan fingerprint density at radius 2 is 2.06 bits per heavy atom. The summed E-state index contributed by atoms with van der Waals surface area (Å²) in [6.45, 7) is -5.85. The predicted molar refractivity (Wildman–Crippen MR) is 112 cm³/mol. The van der Waals surface area contributed by atoms with E-state index in [2.05, 4.69) is 15.4 Å². The van der Waals surface area contributed by atoms with Gasteiger partial charge in [-0.3, -0.25) is 9.78 Å². The molecule has 2 atom stereocenters. The first kappa shape index (κ1) is 20.0. The first-order valence-electron chi connectivity index (χ1n) is 11.7. The molecule has 180 valence electrons. The summed E-state index contributed by atoms with van der Waals surface area (Å²) in [5.74, 6) is -8.60. The first-order chi connectivity index (χ1) is 17.3. The molecule has 0 spiro atoms. The number of aromatic nitrogens is 3. The molecular formula is C23H20F6N4O. The number of rotatable bonds is 5. The lowest BCUT2D eigenvalue weighted by atomic mass is 9.75. The van der Waals surface area contributed by atoms with Crippen molar-refractivity contribution in [1.29, 1.82) is 0 Å². The minimum atomic E-state index is -3.24. The van der Waals surface area contributed by atoms with Gasteiger partial charge in [-0.2, -0.15) is 13.9 Å². The van der Waals surface area contributed by atoms with E-state index >= 15 is 0 Å². The number of amides is 1. The van der Waals surface area contributed by atoms with E-state index in [1.807, 2.05) is 0 Å². The Morgan fingerprint density at radius 1 is 1.26 bits per heavy atom. The molecule has 11 heteroatoms. The molecule has 1 saturated carbocycles. The van der Waals surface area contributed by atoms with Gasteiger partial charge >= 0.3 is 6.55 Å². The highest BCUT2D eigenvalue weighted by Crippen LogP contribution is 2.47. The van der Waals surface area contributed by atoms with Crippen molar-refractivity contribution in [1.82, 2.24) is 14.8 Å². The van der Waals surface area contributed by atoms with Gasteiger partial charge in [-0.15, -0.1) is 0 Å². The normalized spacial score (nSPS) is 21.6. The lowest BCUT2D eigenvalue weighted by Crippen LogP contribution is -2.31. The second-order valence-electron chi connectivity index (χ2n) is 8.00. The zero-order valence-electron chi connectivity index (χ0n) is 20.4. The van der Waals surface area contributed by atoms with Crippen LogP contribution in [0.25, 0.3) is 11.1 Å². The number of pyridine rings is 1. The Balaban J connectivity index is 1.86. The molecule has 0 saturated heterocycles. The molecule has 34 heavy (non-hydrogen) atoms. The average Bonchev–Trinajstić information content (AvgIpc) is 3.31. The number of benzene rings is 1. The fraction of sp³-hybridized carbons (Fsp3) is 0.348. The highest BCUT2D eigenvalue weighted by atomic mass is 19.3. The molecule has 1 aliphatic carbocycles. The third-order valence-electron chi connectivity index (χ3n) is 5.68. The minimum Gasteiger partial charge on any atom is -0.320 e. The largest absolute Gasteiger partial charge is 0.333 e. The summed E-state index contributed by atoms with van der Waals surface area (Å²) in [4.78, 5) is 17.1. The number of nitrogens with one attached hydrogen (secondary N) is 1. The second-order valence-corrected chi connectivity index (χ2v) is 8.00. The van der Waals surface area contributed by atoms with Crippen LogP contribution in [0.5, 0.6) is 0 Å². The summed E-state index contributed by atoms with van der Waals surface area (Å²) in [7, 11) is 0. The maximum absolute atomic E-state index is 14.7. The number of carbonyl (C=O) groups excluding carboxylic acids is 1. The summed E-state index contributed by atoms with van der Waals surface area (Å²) >= 11 is 0. The van der Waals surface area contributed by atoms with Gasteiger partial charge in [0, 0.05) is 46.4 Å². The maximum atomic E-state index is 14.7. The van der Waals surface area contributed by atoms with E-state index in [4.69, 9.17) is 4.11 Å². The lowest BCUT2D eigenvalue weighted by molar-refractivity contribution is -0.0558. The molecule has 0 radical (unpaired) electrons.